The molecule has 6 nitrogen and oxygen atoms in total. The monoisotopic (exact) mass is 276 g/mol. The summed E-state index contributed by atoms with van der Waals surface area (Å²) in [6.07, 6.45) is 1.77. The number of carboxylic acids is 1. The molecule has 1 aromatic rings. The van der Waals surface area contributed by atoms with Gasteiger partial charge >= 0.3 is 5.97 Å². The maximum atomic E-state index is 11.7. The molecule has 1 aromatic heterocycles. The third-order valence-electron chi connectivity index (χ3n) is 4.08. The van der Waals surface area contributed by atoms with Crippen LogP contribution >= 0.6 is 0 Å². The zero-order valence-electron chi connectivity index (χ0n) is 12.3. The van der Waals surface area contributed by atoms with Gasteiger partial charge in [0.05, 0.1) is 5.69 Å². The first-order valence-electron chi connectivity index (χ1n) is 6.72. The Labute approximate surface area is 118 Å². The van der Waals surface area contributed by atoms with Crippen LogP contribution in [0.4, 0.5) is 5.82 Å². The number of hydrogen-bond donors (Lipinski definition) is 1. The molecule has 0 radical (unpaired) electrons. The van der Waals surface area contributed by atoms with Crippen LogP contribution in [0, 0.1) is 23.7 Å². The molecule has 0 aromatic carbocycles. The van der Waals surface area contributed by atoms with Gasteiger partial charge in [-0.3, -0.25) is 4.68 Å². The second-order valence-electron chi connectivity index (χ2n) is 6.05. The number of piperidine rings is 1. The predicted octanol–water partition coefficient (Wildman–Crippen LogP) is 1.68. The summed E-state index contributed by atoms with van der Waals surface area (Å²) in [7, 11) is 1.75. The fraction of sp³-hybridized carbons (Fsp3) is 0.643. The molecular weight excluding hydrogens is 256 g/mol. The van der Waals surface area contributed by atoms with Crippen molar-refractivity contribution < 1.29 is 9.90 Å². The number of carbonyl (C=O) groups is 1. The van der Waals surface area contributed by atoms with Crippen LogP contribution < -0.4 is 4.90 Å². The van der Waals surface area contributed by atoms with Crippen molar-refractivity contribution in [2.24, 2.45) is 12.5 Å². The summed E-state index contributed by atoms with van der Waals surface area (Å²) in [6.45, 7) is 6.33. The number of carboxylic acid groups (broad SMARTS) is 1. The fourth-order valence-corrected chi connectivity index (χ4v) is 3.19. The van der Waals surface area contributed by atoms with Crippen molar-refractivity contribution in [1.29, 1.82) is 5.26 Å². The van der Waals surface area contributed by atoms with Crippen LogP contribution in [0.15, 0.2) is 0 Å². The highest BCUT2D eigenvalue weighted by atomic mass is 16.4. The number of aromatic nitrogens is 2. The van der Waals surface area contributed by atoms with Crippen molar-refractivity contribution in [3.8, 4) is 6.07 Å². The second kappa shape index (κ2) is 4.82. The summed E-state index contributed by atoms with van der Waals surface area (Å²) < 4.78 is 1.62. The van der Waals surface area contributed by atoms with Gasteiger partial charge in [-0.1, -0.05) is 13.8 Å². The fourth-order valence-electron chi connectivity index (χ4n) is 3.19. The van der Waals surface area contributed by atoms with Gasteiger partial charge in [0, 0.05) is 13.6 Å². The van der Waals surface area contributed by atoms with Crippen LogP contribution in [-0.2, 0) is 11.8 Å². The lowest BCUT2D eigenvalue weighted by molar-refractivity contribution is -0.142. The molecule has 1 N–H and O–H groups in total. The van der Waals surface area contributed by atoms with E-state index in [1.807, 2.05) is 18.7 Å². The Morgan fingerprint density at radius 3 is 2.75 bits per heavy atom. The molecule has 0 spiro atoms. The summed E-state index contributed by atoms with van der Waals surface area (Å²) in [4.78, 5) is 13.5. The second-order valence-corrected chi connectivity index (χ2v) is 6.05. The van der Waals surface area contributed by atoms with Crippen LogP contribution in [0.3, 0.4) is 0 Å². The van der Waals surface area contributed by atoms with Crippen LogP contribution in [0.5, 0.6) is 0 Å². The number of aryl methyl sites for hydroxylation is 2. The Kier molecular flexibility index (Phi) is 3.46. The van der Waals surface area contributed by atoms with Gasteiger partial charge in [-0.2, -0.15) is 10.4 Å². The Morgan fingerprint density at radius 1 is 1.55 bits per heavy atom. The number of hydrogen-bond acceptors (Lipinski definition) is 4. The van der Waals surface area contributed by atoms with Gasteiger partial charge in [-0.15, -0.1) is 0 Å². The van der Waals surface area contributed by atoms with E-state index in [2.05, 4.69) is 11.2 Å². The van der Waals surface area contributed by atoms with E-state index < -0.39 is 12.0 Å². The molecular formula is C14H20N4O2. The van der Waals surface area contributed by atoms with Crippen molar-refractivity contribution in [1.82, 2.24) is 9.78 Å². The first-order chi connectivity index (χ1) is 9.29. The maximum Gasteiger partial charge on any atom is 0.326 e. The average Bonchev–Trinajstić information content (AvgIpc) is 2.61. The standard InChI is InChI=1S/C14H20N4O2/c1-9-10(8-15)12(17(4)16-9)18-7-5-6-14(2,3)11(18)13(19)20/h11H,5-7H2,1-4H3,(H,19,20). The molecule has 0 amide bonds. The Balaban J connectivity index is 2.56. The minimum absolute atomic E-state index is 0.338. The predicted molar refractivity (Wildman–Crippen MR) is 74.4 cm³/mol. The minimum Gasteiger partial charge on any atom is -0.480 e. The zero-order valence-corrected chi connectivity index (χ0v) is 12.3. The SMILES string of the molecule is Cc1nn(C)c(N2CCCC(C)(C)C2C(=O)O)c1C#N. The first-order valence-corrected chi connectivity index (χ1v) is 6.72. The zero-order chi connectivity index (χ0) is 15.1. The molecule has 1 saturated heterocycles. The van der Waals surface area contributed by atoms with Crippen LogP contribution in [0.2, 0.25) is 0 Å². The van der Waals surface area contributed by atoms with Crippen molar-refractivity contribution in [3.63, 3.8) is 0 Å². The van der Waals surface area contributed by atoms with Gasteiger partial charge < -0.3 is 10.0 Å². The highest BCUT2D eigenvalue weighted by molar-refractivity contribution is 5.80. The van der Waals surface area contributed by atoms with Gasteiger partial charge in [0.25, 0.3) is 0 Å². The van der Waals surface area contributed by atoms with Gasteiger partial charge in [0.1, 0.15) is 23.5 Å². The molecule has 0 aliphatic carbocycles. The largest absolute Gasteiger partial charge is 0.480 e. The smallest absolute Gasteiger partial charge is 0.326 e. The molecule has 1 unspecified atom stereocenters. The van der Waals surface area contributed by atoms with E-state index in [1.165, 1.54) is 0 Å². The third kappa shape index (κ3) is 2.13. The van der Waals surface area contributed by atoms with Gasteiger partial charge in [-0.25, -0.2) is 4.79 Å². The van der Waals surface area contributed by atoms with E-state index >= 15 is 0 Å². The highest BCUT2D eigenvalue weighted by Crippen LogP contribution is 2.39. The number of nitriles is 1. The number of nitrogens with zero attached hydrogens (tertiary/aromatic N) is 4. The van der Waals surface area contributed by atoms with Crippen molar-refractivity contribution >= 4 is 11.8 Å². The Bertz CT molecular complexity index is 583. The Hall–Kier alpha value is -2.03. The van der Waals surface area contributed by atoms with Crippen LogP contribution in [0.25, 0.3) is 0 Å². The van der Waals surface area contributed by atoms with Crippen LogP contribution in [-0.4, -0.2) is 33.4 Å². The summed E-state index contributed by atoms with van der Waals surface area (Å²) in [5.74, 6) is -0.234. The molecule has 2 rings (SSSR count). The quantitative estimate of drug-likeness (QED) is 0.888. The molecule has 1 fully saturated rings. The Morgan fingerprint density at radius 2 is 2.20 bits per heavy atom. The summed E-state index contributed by atoms with van der Waals surface area (Å²) in [6, 6.07) is 1.51. The van der Waals surface area contributed by atoms with Crippen molar-refractivity contribution in [3.05, 3.63) is 11.3 Å². The van der Waals surface area contributed by atoms with Gasteiger partial charge in [0.15, 0.2) is 0 Å². The molecule has 1 atom stereocenters. The molecule has 0 saturated carbocycles. The van der Waals surface area contributed by atoms with Gasteiger partial charge in [0.2, 0.25) is 0 Å². The average molecular weight is 276 g/mol. The number of aliphatic carboxylic acids is 1. The normalized spacial score (nSPS) is 21.6. The highest BCUT2D eigenvalue weighted by Gasteiger charge is 2.44. The maximum absolute atomic E-state index is 11.7. The van der Waals surface area contributed by atoms with Crippen molar-refractivity contribution in [2.45, 2.75) is 39.7 Å². The molecule has 2 heterocycles. The van der Waals surface area contributed by atoms with Crippen molar-refractivity contribution in [2.75, 3.05) is 11.4 Å². The summed E-state index contributed by atoms with van der Waals surface area (Å²) in [5, 5.41) is 23.2. The first kappa shape index (κ1) is 14.4. The van der Waals surface area contributed by atoms with Gasteiger partial charge in [-0.05, 0) is 25.2 Å². The topological polar surface area (TPSA) is 82.2 Å². The van der Waals surface area contributed by atoms with E-state index in [9.17, 15) is 15.2 Å². The van der Waals surface area contributed by atoms with E-state index in [-0.39, 0.29) is 5.41 Å². The number of anilines is 1. The number of rotatable bonds is 2. The summed E-state index contributed by atoms with van der Waals surface area (Å²) in [5.41, 5.74) is 0.767. The van der Waals surface area contributed by atoms with E-state index in [0.29, 0.717) is 23.6 Å². The summed E-state index contributed by atoms with van der Waals surface area (Å²) >= 11 is 0. The lowest BCUT2D eigenvalue weighted by atomic mass is 9.76. The third-order valence-corrected chi connectivity index (χ3v) is 4.08. The molecule has 108 valence electrons. The van der Waals surface area contributed by atoms with E-state index in [1.54, 1.807) is 18.7 Å². The minimum atomic E-state index is -0.850. The molecule has 0 bridgehead atoms. The van der Waals surface area contributed by atoms with Crippen LogP contribution in [0.1, 0.15) is 37.9 Å². The lowest BCUT2D eigenvalue weighted by Crippen LogP contribution is -2.55. The molecule has 1 aliphatic rings. The molecule has 1 aliphatic heterocycles. The molecule has 6 heteroatoms. The lowest BCUT2D eigenvalue weighted by Gasteiger charge is -2.45. The van der Waals surface area contributed by atoms with E-state index in [0.717, 1.165) is 12.8 Å². The molecule has 20 heavy (non-hydrogen) atoms. The van der Waals surface area contributed by atoms with E-state index in [4.69, 9.17) is 0 Å².